The second-order valence-corrected chi connectivity index (χ2v) is 5.29. The average molecular weight is 287 g/mol. The van der Waals surface area contributed by atoms with Crippen molar-refractivity contribution in [3.8, 4) is 0 Å². The molecule has 0 unspecified atom stereocenters. The molecule has 0 spiro atoms. The fraction of sp³-hybridized carbons (Fsp3) is 0.100. The minimum Gasteiger partial charge on any atom is -0.298 e. The molecular weight excluding hydrogens is 280 g/mol. The van der Waals surface area contributed by atoms with Gasteiger partial charge in [0.15, 0.2) is 6.29 Å². The highest BCUT2D eigenvalue weighted by molar-refractivity contribution is 9.10. The summed E-state index contributed by atoms with van der Waals surface area (Å²) in [4.78, 5) is 12.0. The minimum atomic E-state index is 0.715. The lowest BCUT2D eigenvalue weighted by Gasteiger charge is -1.98. The minimum absolute atomic E-state index is 0.715. The summed E-state index contributed by atoms with van der Waals surface area (Å²) < 4.78 is 2.06. The molecule has 0 N–H and O–H groups in total. The lowest BCUT2D eigenvalue weighted by molar-refractivity contribution is 0.112. The highest BCUT2D eigenvalue weighted by Crippen LogP contribution is 2.37. The molecule has 0 radical (unpaired) electrons. The number of benzene rings is 1. The van der Waals surface area contributed by atoms with Gasteiger partial charge in [-0.05, 0) is 28.3 Å². The highest BCUT2D eigenvalue weighted by Gasteiger charge is 2.09. The van der Waals surface area contributed by atoms with Crippen LogP contribution in [0.15, 0.2) is 26.9 Å². The Morgan fingerprint density at radius 2 is 2.29 bits per heavy atom. The van der Waals surface area contributed by atoms with Gasteiger partial charge in [-0.3, -0.25) is 4.79 Å². The van der Waals surface area contributed by atoms with Gasteiger partial charge in [0, 0.05) is 25.7 Å². The molecule has 0 aliphatic carbocycles. The van der Waals surface area contributed by atoms with E-state index in [1.54, 1.807) is 23.1 Å². The SMILES string of the molecule is CSc1csc2c(Br)c(C=O)ccc12. The lowest BCUT2D eigenvalue weighted by atomic mass is 10.2. The molecule has 1 nitrogen and oxygen atoms in total. The summed E-state index contributed by atoms with van der Waals surface area (Å²) >= 11 is 6.85. The number of thiophene rings is 1. The summed E-state index contributed by atoms with van der Waals surface area (Å²) in [5.41, 5.74) is 0.715. The Balaban J connectivity index is 2.78. The number of hydrogen-bond donors (Lipinski definition) is 0. The maximum atomic E-state index is 10.7. The zero-order valence-corrected chi connectivity index (χ0v) is 10.6. The molecule has 1 heterocycles. The molecule has 1 aromatic carbocycles. The molecule has 0 saturated heterocycles. The van der Waals surface area contributed by atoms with Crippen LogP contribution in [0, 0.1) is 0 Å². The molecular formula is C10H7BrOS2. The molecule has 4 heteroatoms. The van der Waals surface area contributed by atoms with Crippen LogP contribution in [0.2, 0.25) is 0 Å². The second-order valence-electron chi connectivity index (χ2n) is 2.77. The molecule has 14 heavy (non-hydrogen) atoms. The van der Waals surface area contributed by atoms with Gasteiger partial charge in [-0.2, -0.15) is 0 Å². The van der Waals surface area contributed by atoms with Gasteiger partial charge in [-0.1, -0.05) is 6.07 Å². The smallest absolute Gasteiger partial charge is 0.151 e. The molecule has 0 bridgehead atoms. The Morgan fingerprint density at radius 1 is 1.50 bits per heavy atom. The number of halogens is 1. The van der Waals surface area contributed by atoms with Crippen molar-refractivity contribution in [2.24, 2.45) is 0 Å². The normalized spacial score (nSPS) is 10.7. The fourth-order valence-electron chi connectivity index (χ4n) is 1.31. The molecule has 72 valence electrons. The van der Waals surface area contributed by atoms with Crippen LogP contribution in [-0.2, 0) is 0 Å². The molecule has 0 atom stereocenters. The van der Waals surface area contributed by atoms with E-state index in [9.17, 15) is 4.79 Å². The number of thioether (sulfide) groups is 1. The van der Waals surface area contributed by atoms with Crippen LogP contribution < -0.4 is 0 Å². The predicted octanol–water partition coefficient (Wildman–Crippen LogP) is 4.20. The Hall–Kier alpha value is -0.320. The maximum absolute atomic E-state index is 10.7. The zero-order chi connectivity index (χ0) is 10.1. The van der Waals surface area contributed by atoms with E-state index >= 15 is 0 Å². The molecule has 0 amide bonds. The van der Waals surface area contributed by atoms with Crippen LogP contribution in [0.3, 0.4) is 0 Å². The first-order valence-electron chi connectivity index (χ1n) is 3.96. The van der Waals surface area contributed by atoms with Gasteiger partial charge >= 0.3 is 0 Å². The average Bonchev–Trinajstić information content (AvgIpc) is 2.62. The standard InChI is InChI=1S/C10H7BrOS2/c1-13-8-5-14-10-7(8)3-2-6(4-12)9(10)11/h2-5H,1H3. The third-order valence-electron chi connectivity index (χ3n) is 2.02. The first kappa shape index (κ1) is 10.2. The molecule has 0 aliphatic heterocycles. The number of aldehydes is 1. The first-order valence-corrected chi connectivity index (χ1v) is 6.86. The maximum Gasteiger partial charge on any atom is 0.151 e. The van der Waals surface area contributed by atoms with E-state index in [4.69, 9.17) is 0 Å². The number of carbonyl (C=O) groups is 1. The molecule has 1 aromatic heterocycles. The highest BCUT2D eigenvalue weighted by atomic mass is 79.9. The van der Waals surface area contributed by atoms with Crippen molar-refractivity contribution in [3.05, 3.63) is 27.5 Å². The molecule has 0 fully saturated rings. The number of fused-ring (bicyclic) bond motifs is 1. The van der Waals surface area contributed by atoms with Gasteiger partial charge in [-0.15, -0.1) is 23.1 Å². The van der Waals surface area contributed by atoms with Crippen molar-refractivity contribution in [1.29, 1.82) is 0 Å². The van der Waals surface area contributed by atoms with Crippen molar-refractivity contribution in [1.82, 2.24) is 0 Å². The van der Waals surface area contributed by atoms with E-state index in [1.807, 2.05) is 12.1 Å². The van der Waals surface area contributed by atoms with Crippen LogP contribution in [-0.4, -0.2) is 12.5 Å². The number of rotatable bonds is 2. The van der Waals surface area contributed by atoms with Gasteiger partial charge in [0.05, 0.1) is 4.70 Å². The van der Waals surface area contributed by atoms with E-state index in [-0.39, 0.29) is 0 Å². The van der Waals surface area contributed by atoms with Crippen molar-refractivity contribution < 1.29 is 4.79 Å². The third-order valence-corrected chi connectivity index (χ3v) is 5.08. The monoisotopic (exact) mass is 286 g/mol. The van der Waals surface area contributed by atoms with Crippen molar-refractivity contribution in [2.45, 2.75) is 4.90 Å². The van der Waals surface area contributed by atoms with Crippen LogP contribution >= 0.6 is 39.0 Å². The van der Waals surface area contributed by atoms with Crippen LogP contribution in [0.5, 0.6) is 0 Å². The molecule has 2 rings (SSSR count). The Bertz CT molecular complexity index is 490. The van der Waals surface area contributed by atoms with E-state index in [0.717, 1.165) is 15.5 Å². The lowest BCUT2D eigenvalue weighted by Crippen LogP contribution is -1.81. The van der Waals surface area contributed by atoms with E-state index in [2.05, 4.69) is 27.6 Å². The largest absolute Gasteiger partial charge is 0.298 e. The van der Waals surface area contributed by atoms with Crippen molar-refractivity contribution in [2.75, 3.05) is 6.26 Å². The van der Waals surface area contributed by atoms with Crippen LogP contribution in [0.4, 0.5) is 0 Å². The Kier molecular flexibility index (Phi) is 2.95. The van der Waals surface area contributed by atoms with Gasteiger partial charge in [0.1, 0.15) is 0 Å². The van der Waals surface area contributed by atoms with Crippen LogP contribution in [0.25, 0.3) is 10.1 Å². The van der Waals surface area contributed by atoms with Gasteiger partial charge < -0.3 is 0 Å². The Labute approximate surface area is 98.6 Å². The van der Waals surface area contributed by atoms with Gasteiger partial charge in [-0.25, -0.2) is 0 Å². The summed E-state index contributed by atoms with van der Waals surface area (Å²) in [5, 5.41) is 3.34. The quantitative estimate of drug-likeness (QED) is 0.608. The predicted molar refractivity (Wildman–Crippen MR) is 66.7 cm³/mol. The summed E-state index contributed by atoms with van der Waals surface area (Å²) in [5.74, 6) is 0. The third kappa shape index (κ3) is 1.51. The number of hydrogen-bond acceptors (Lipinski definition) is 3. The van der Waals surface area contributed by atoms with Crippen LogP contribution in [0.1, 0.15) is 10.4 Å². The van der Waals surface area contributed by atoms with E-state index in [0.29, 0.717) is 5.56 Å². The summed E-state index contributed by atoms with van der Waals surface area (Å²) in [7, 11) is 0. The molecule has 2 aromatic rings. The summed E-state index contributed by atoms with van der Waals surface area (Å²) in [6.45, 7) is 0. The zero-order valence-electron chi connectivity index (χ0n) is 7.41. The topological polar surface area (TPSA) is 17.1 Å². The van der Waals surface area contributed by atoms with E-state index in [1.165, 1.54) is 10.3 Å². The number of carbonyl (C=O) groups excluding carboxylic acids is 1. The van der Waals surface area contributed by atoms with Crippen molar-refractivity contribution in [3.63, 3.8) is 0 Å². The Morgan fingerprint density at radius 3 is 2.93 bits per heavy atom. The van der Waals surface area contributed by atoms with Gasteiger partial charge in [0.2, 0.25) is 0 Å². The summed E-state index contributed by atoms with van der Waals surface area (Å²) in [6.07, 6.45) is 2.94. The molecule has 0 aliphatic rings. The summed E-state index contributed by atoms with van der Waals surface area (Å²) in [6, 6.07) is 3.86. The van der Waals surface area contributed by atoms with E-state index < -0.39 is 0 Å². The molecule has 0 saturated carbocycles. The second kappa shape index (κ2) is 4.04. The first-order chi connectivity index (χ1) is 6.77. The fourth-order valence-corrected chi connectivity index (χ4v) is 3.89. The van der Waals surface area contributed by atoms with Gasteiger partial charge in [0.25, 0.3) is 0 Å². The van der Waals surface area contributed by atoms with Crippen molar-refractivity contribution >= 4 is 55.4 Å².